The second-order valence-corrected chi connectivity index (χ2v) is 11.1. The van der Waals surface area contributed by atoms with E-state index in [1.165, 1.54) is 12.2 Å². The van der Waals surface area contributed by atoms with Crippen molar-refractivity contribution in [1.29, 1.82) is 0 Å². The number of alkyl halides is 2. The zero-order chi connectivity index (χ0) is 30.8. The van der Waals surface area contributed by atoms with Crippen LogP contribution < -0.4 is 4.90 Å². The molecule has 0 aromatic heterocycles. The van der Waals surface area contributed by atoms with E-state index in [1.54, 1.807) is 0 Å². The summed E-state index contributed by atoms with van der Waals surface area (Å²) < 4.78 is 16.8. The lowest BCUT2D eigenvalue weighted by molar-refractivity contribution is -0.367. The summed E-state index contributed by atoms with van der Waals surface area (Å²) in [6, 6.07) is 8.21. The molecule has 2 heterocycles. The Labute approximate surface area is 255 Å². The number of hydrogen-bond acceptors (Lipinski definition) is 13. The van der Waals surface area contributed by atoms with Crippen LogP contribution >= 0.6 is 23.2 Å². The number of aryl methyl sites for hydroxylation is 1. The third kappa shape index (κ3) is 8.86. The molecule has 2 aliphatic rings. The second-order valence-electron chi connectivity index (χ2n) is 10.3. The molecular formula is C27H44Cl2N2O11. The Kier molecular flexibility index (Phi) is 14.9. The minimum Gasteiger partial charge on any atom is -0.394 e. The number of aliphatic hydroxyl groups is 7. The van der Waals surface area contributed by atoms with E-state index in [4.69, 9.17) is 42.3 Å². The molecule has 1 aromatic carbocycles. The van der Waals surface area contributed by atoms with Crippen molar-refractivity contribution in [3.63, 3.8) is 0 Å². The summed E-state index contributed by atoms with van der Waals surface area (Å²) in [5, 5.41) is 72.8. The highest BCUT2D eigenvalue weighted by Gasteiger charge is 2.51. The van der Waals surface area contributed by atoms with Crippen molar-refractivity contribution in [2.45, 2.75) is 80.6 Å². The molecule has 0 aliphatic carbocycles. The molecule has 0 bridgehead atoms. The predicted octanol–water partition coefficient (Wildman–Crippen LogP) is -1.22. The molecule has 0 amide bonds. The van der Waals surface area contributed by atoms with E-state index in [9.17, 15) is 35.7 Å². The number of rotatable bonds is 16. The molecule has 0 saturated carbocycles. The zero-order valence-corrected chi connectivity index (χ0v) is 25.1. The Morgan fingerprint density at radius 2 is 1.40 bits per heavy atom. The summed E-state index contributed by atoms with van der Waals surface area (Å²) in [6.07, 6.45) is -12.4. The van der Waals surface area contributed by atoms with E-state index in [-0.39, 0.29) is 0 Å². The zero-order valence-electron chi connectivity index (χ0n) is 23.6. The highest BCUT2D eigenvalue weighted by Crippen LogP contribution is 2.30. The van der Waals surface area contributed by atoms with Crippen LogP contribution in [0.3, 0.4) is 0 Å². The summed E-state index contributed by atoms with van der Waals surface area (Å²) in [5.74, 6) is 1.02. The van der Waals surface area contributed by atoms with Gasteiger partial charge in [-0.15, -0.1) is 23.2 Å². The summed E-state index contributed by atoms with van der Waals surface area (Å²) in [7, 11) is 1.40. The Bertz CT molecular complexity index is 897. The van der Waals surface area contributed by atoms with Gasteiger partial charge in [-0.3, -0.25) is 4.84 Å². The number of hydroxylamine groups is 2. The van der Waals surface area contributed by atoms with Gasteiger partial charge in [-0.05, 0) is 37.0 Å². The van der Waals surface area contributed by atoms with Gasteiger partial charge in [-0.2, -0.15) is 5.06 Å². The first-order chi connectivity index (χ1) is 20.2. The van der Waals surface area contributed by atoms with E-state index < -0.39 is 74.6 Å². The molecule has 15 heteroatoms. The van der Waals surface area contributed by atoms with Crippen LogP contribution in [0.1, 0.15) is 18.4 Å². The molecule has 2 saturated heterocycles. The molecule has 242 valence electrons. The van der Waals surface area contributed by atoms with Crippen LogP contribution in [0, 0.1) is 0 Å². The Balaban J connectivity index is 1.54. The highest BCUT2D eigenvalue weighted by atomic mass is 35.5. The SMILES string of the molecule is CON(CCCCc1ccc(N(CCCl)CCCl)cc1)C1O[C@H](CO)[C@@H](O[C@@H]2O[C@H](CO)[C@H](O)[C@H](O)[C@H]2O)[C@H](O)[C@@H]1O. The monoisotopic (exact) mass is 642 g/mol. The Hall–Kier alpha value is -0.880. The van der Waals surface area contributed by atoms with Gasteiger partial charge in [0.25, 0.3) is 0 Å². The molecule has 0 spiro atoms. The van der Waals surface area contributed by atoms with E-state index in [0.29, 0.717) is 37.8 Å². The van der Waals surface area contributed by atoms with Gasteiger partial charge in [0.05, 0.1) is 20.3 Å². The molecule has 13 nitrogen and oxygen atoms in total. The van der Waals surface area contributed by atoms with Gasteiger partial charge in [0.1, 0.15) is 48.8 Å². The predicted molar refractivity (Wildman–Crippen MR) is 153 cm³/mol. The van der Waals surface area contributed by atoms with Crippen molar-refractivity contribution >= 4 is 28.9 Å². The van der Waals surface area contributed by atoms with Gasteiger partial charge in [0, 0.05) is 37.1 Å². The molecule has 2 fully saturated rings. The summed E-state index contributed by atoms with van der Waals surface area (Å²) in [4.78, 5) is 7.56. The third-order valence-electron chi connectivity index (χ3n) is 7.60. The highest BCUT2D eigenvalue weighted by molar-refractivity contribution is 6.18. The van der Waals surface area contributed by atoms with Crippen LogP contribution in [-0.2, 0) is 25.5 Å². The number of unbranched alkanes of at least 4 members (excludes halogenated alkanes) is 1. The minimum atomic E-state index is -1.73. The van der Waals surface area contributed by atoms with Crippen molar-refractivity contribution < 1.29 is 54.8 Å². The first kappa shape index (κ1) is 35.6. The van der Waals surface area contributed by atoms with Crippen LogP contribution in [0.4, 0.5) is 5.69 Å². The number of anilines is 1. The van der Waals surface area contributed by atoms with Crippen molar-refractivity contribution in [3.05, 3.63) is 29.8 Å². The molecule has 1 aromatic rings. The average molecular weight is 644 g/mol. The number of halogens is 2. The molecular weight excluding hydrogens is 599 g/mol. The Morgan fingerprint density at radius 1 is 0.762 bits per heavy atom. The fourth-order valence-electron chi connectivity index (χ4n) is 5.17. The summed E-state index contributed by atoms with van der Waals surface area (Å²) in [5.41, 5.74) is 2.21. The third-order valence-corrected chi connectivity index (χ3v) is 7.94. The lowest BCUT2D eigenvalue weighted by Crippen LogP contribution is -2.66. The maximum absolute atomic E-state index is 10.9. The van der Waals surface area contributed by atoms with E-state index in [1.807, 2.05) is 12.1 Å². The topological polar surface area (TPSA) is 185 Å². The van der Waals surface area contributed by atoms with Gasteiger partial charge in [-0.25, -0.2) is 0 Å². The van der Waals surface area contributed by atoms with Gasteiger partial charge >= 0.3 is 0 Å². The van der Waals surface area contributed by atoms with Crippen LogP contribution in [0.5, 0.6) is 0 Å². The quantitative estimate of drug-likeness (QED) is 0.0647. The van der Waals surface area contributed by atoms with Crippen molar-refractivity contribution in [3.8, 4) is 0 Å². The number of nitrogens with zero attached hydrogens (tertiary/aromatic N) is 2. The molecule has 2 aliphatic heterocycles. The van der Waals surface area contributed by atoms with Gasteiger partial charge in [0.2, 0.25) is 0 Å². The van der Waals surface area contributed by atoms with Crippen LogP contribution in [0.25, 0.3) is 0 Å². The first-order valence-electron chi connectivity index (χ1n) is 14.1. The maximum atomic E-state index is 10.9. The number of ether oxygens (including phenoxy) is 3. The van der Waals surface area contributed by atoms with E-state index >= 15 is 0 Å². The summed E-state index contributed by atoms with van der Waals surface area (Å²) >= 11 is 11.8. The van der Waals surface area contributed by atoms with Crippen molar-refractivity contribution in [1.82, 2.24) is 5.06 Å². The summed E-state index contributed by atoms with van der Waals surface area (Å²) in [6.45, 7) is 0.476. The van der Waals surface area contributed by atoms with Crippen molar-refractivity contribution in [2.75, 3.05) is 56.6 Å². The minimum absolute atomic E-state index is 0.346. The van der Waals surface area contributed by atoms with Crippen LogP contribution in [0.15, 0.2) is 24.3 Å². The van der Waals surface area contributed by atoms with Gasteiger partial charge < -0.3 is 54.9 Å². The first-order valence-corrected chi connectivity index (χ1v) is 15.1. The number of benzene rings is 1. The average Bonchev–Trinajstić information content (AvgIpc) is 3.00. The largest absolute Gasteiger partial charge is 0.394 e. The van der Waals surface area contributed by atoms with Crippen molar-refractivity contribution in [2.24, 2.45) is 0 Å². The maximum Gasteiger partial charge on any atom is 0.187 e. The lowest BCUT2D eigenvalue weighted by atomic mass is 9.96. The van der Waals surface area contributed by atoms with Gasteiger partial charge in [-0.1, -0.05) is 12.1 Å². The molecule has 7 N–H and O–H groups in total. The van der Waals surface area contributed by atoms with Crippen LogP contribution in [-0.4, -0.2) is 154 Å². The Morgan fingerprint density at radius 3 is 1.98 bits per heavy atom. The fraction of sp³-hybridized carbons (Fsp3) is 0.778. The molecule has 10 atom stereocenters. The van der Waals surface area contributed by atoms with Gasteiger partial charge in [0.15, 0.2) is 12.5 Å². The molecule has 1 unspecified atom stereocenters. The number of hydrogen-bond donors (Lipinski definition) is 7. The molecule has 0 radical (unpaired) electrons. The lowest BCUT2D eigenvalue weighted by Gasteiger charge is -2.47. The second kappa shape index (κ2) is 17.6. The number of aliphatic hydroxyl groups excluding tert-OH is 7. The standard InChI is InChI=1S/C27H44Cl2N2O11/c1-39-31(11-3-2-4-16-5-7-17(8-6-16)30(12-9-28)13-10-29)26-23(37)22(36)25(19(15-33)40-26)42-27-24(38)21(35)20(34)18(14-32)41-27/h5-8,18-27,32-38H,2-4,9-15H2,1H3/t18-,19-,20+,21+,22-,23+,24-,25-,26?,27+/m1/s1. The van der Waals surface area contributed by atoms with E-state index in [2.05, 4.69) is 17.0 Å². The smallest absolute Gasteiger partial charge is 0.187 e. The van der Waals surface area contributed by atoms with Crippen LogP contribution in [0.2, 0.25) is 0 Å². The molecule has 42 heavy (non-hydrogen) atoms. The van der Waals surface area contributed by atoms with E-state index in [0.717, 1.165) is 24.1 Å². The normalized spacial score (nSPS) is 33.7. The fourth-order valence-corrected chi connectivity index (χ4v) is 5.58. The molecule has 3 rings (SSSR count).